The van der Waals surface area contributed by atoms with Gasteiger partial charge in [0.15, 0.2) is 0 Å². The Morgan fingerprint density at radius 2 is 1.68 bits per heavy atom. The van der Waals surface area contributed by atoms with E-state index in [1.54, 1.807) is 37.3 Å². The maximum Gasteiger partial charge on any atom is 0.262 e. The first-order valence-corrected chi connectivity index (χ1v) is 8.22. The van der Waals surface area contributed by atoms with Crippen LogP contribution in [-0.2, 0) is 0 Å². The second kappa shape index (κ2) is 5.86. The fourth-order valence-electron chi connectivity index (χ4n) is 3.05. The Labute approximate surface area is 149 Å². The number of amides is 2. The van der Waals surface area contributed by atoms with Crippen LogP contribution in [-0.4, -0.2) is 26.9 Å². The van der Waals surface area contributed by atoms with Crippen LogP contribution in [0.1, 0.15) is 39.4 Å². The van der Waals surface area contributed by atoms with Crippen LogP contribution >= 0.6 is 11.6 Å². The molecule has 0 unspecified atom stereocenters. The van der Waals surface area contributed by atoms with Crippen molar-refractivity contribution in [2.75, 3.05) is 0 Å². The smallest absolute Gasteiger partial charge is 0.262 e. The Morgan fingerprint density at radius 1 is 1.00 bits per heavy atom. The summed E-state index contributed by atoms with van der Waals surface area (Å²) in [4.78, 5) is 26.5. The van der Waals surface area contributed by atoms with E-state index in [4.69, 9.17) is 11.6 Å². The molecular weight excluding hydrogens is 338 g/mol. The molecule has 0 aliphatic carbocycles. The number of imide groups is 1. The SMILES string of the molecule is C[C@@H](c1cc(-c2cccc(Cl)c2)n[nH]1)N1C(=O)c2ccccc2C1=O. The van der Waals surface area contributed by atoms with Gasteiger partial charge in [0.2, 0.25) is 0 Å². The molecule has 1 aliphatic rings. The zero-order valence-electron chi connectivity index (χ0n) is 13.4. The summed E-state index contributed by atoms with van der Waals surface area (Å²) in [5.74, 6) is -0.570. The highest BCUT2D eigenvalue weighted by atomic mass is 35.5. The molecule has 0 fully saturated rings. The van der Waals surface area contributed by atoms with E-state index in [0.29, 0.717) is 27.5 Å². The molecule has 3 aromatic rings. The number of fused-ring (bicyclic) bond motifs is 1. The van der Waals surface area contributed by atoms with Gasteiger partial charge in [0.1, 0.15) is 0 Å². The molecule has 25 heavy (non-hydrogen) atoms. The summed E-state index contributed by atoms with van der Waals surface area (Å²) in [6.07, 6.45) is 0. The number of hydrogen-bond donors (Lipinski definition) is 1. The number of H-pyrrole nitrogens is 1. The van der Waals surface area contributed by atoms with Gasteiger partial charge in [-0.1, -0.05) is 35.9 Å². The van der Waals surface area contributed by atoms with E-state index in [0.717, 1.165) is 5.56 Å². The summed E-state index contributed by atoms with van der Waals surface area (Å²) >= 11 is 6.02. The van der Waals surface area contributed by atoms with Crippen LogP contribution in [0.2, 0.25) is 5.02 Å². The van der Waals surface area contributed by atoms with Crippen LogP contribution in [0.25, 0.3) is 11.3 Å². The number of halogens is 1. The predicted molar refractivity (Wildman–Crippen MR) is 94.4 cm³/mol. The molecule has 1 N–H and O–H groups in total. The van der Waals surface area contributed by atoms with Gasteiger partial charge in [-0.15, -0.1) is 0 Å². The Balaban J connectivity index is 1.66. The van der Waals surface area contributed by atoms with Crippen molar-refractivity contribution in [2.24, 2.45) is 0 Å². The summed E-state index contributed by atoms with van der Waals surface area (Å²) in [6.45, 7) is 1.80. The molecule has 0 spiro atoms. The molecule has 4 rings (SSSR count). The molecule has 0 radical (unpaired) electrons. The second-order valence-electron chi connectivity index (χ2n) is 5.92. The first-order chi connectivity index (χ1) is 12.1. The molecule has 2 heterocycles. The highest BCUT2D eigenvalue weighted by Gasteiger charge is 2.39. The van der Waals surface area contributed by atoms with E-state index in [1.165, 1.54) is 4.90 Å². The van der Waals surface area contributed by atoms with Gasteiger partial charge in [-0.05, 0) is 37.3 Å². The summed E-state index contributed by atoms with van der Waals surface area (Å²) in [5, 5.41) is 7.84. The Morgan fingerprint density at radius 3 is 2.32 bits per heavy atom. The Hall–Kier alpha value is -2.92. The van der Waals surface area contributed by atoms with E-state index in [1.807, 2.05) is 24.3 Å². The lowest BCUT2D eigenvalue weighted by atomic mass is 10.1. The number of nitrogens with zero attached hydrogens (tertiary/aromatic N) is 2. The van der Waals surface area contributed by atoms with Gasteiger partial charge in [0, 0.05) is 10.6 Å². The third-order valence-electron chi connectivity index (χ3n) is 4.38. The van der Waals surface area contributed by atoms with Crippen molar-refractivity contribution in [3.05, 3.63) is 76.4 Å². The van der Waals surface area contributed by atoms with Gasteiger partial charge in [-0.25, -0.2) is 0 Å². The van der Waals surface area contributed by atoms with E-state index in [-0.39, 0.29) is 11.8 Å². The van der Waals surface area contributed by atoms with Gasteiger partial charge in [0.05, 0.1) is 28.6 Å². The van der Waals surface area contributed by atoms with Gasteiger partial charge in [-0.2, -0.15) is 5.10 Å². The van der Waals surface area contributed by atoms with Crippen LogP contribution in [0.15, 0.2) is 54.6 Å². The minimum absolute atomic E-state index is 0.285. The molecule has 1 atom stereocenters. The van der Waals surface area contributed by atoms with E-state index >= 15 is 0 Å². The van der Waals surface area contributed by atoms with Gasteiger partial charge in [0.25, 0.3) is 11.8 Å². The van der Waals surface area contributed by atoms with Crippen molar-refractivity contribution in [3.8, 4) is 11.3 Å². The van der Waals surface area contributed by atoms with Crippen molar-refractivity contribution in [3.63, 3.8) is 0 Å². The van der Waals surface area contributed by atoms with Crippen molar-refractivity contribution < 1.29 is 9.59 Å². The van der Waals surface area contributed by atoms with Crippen molar-refractivity contribution in [1.82, 2.24) is 15.1 Å². The summed E-state index contributed by atoms with van der Waals surface area (Å²) < 4.78 is 0. The molecule has 2 aromatic carbocycles. The van der Waals surface area contributed by atoms with Crippen LogP contribution in [0.4, 0.5) is 0 Å². The summed E-state index contributed by atoms with van der Waals surface area (Å²) in [7, 11) is 0. The molecule has 0 saturated carbocycles. The number of nitrogens with one attached hydrogen (secondary N) is 1. The molecule has 0 saturated heterocycles. The minimum atomic E-state index is -0.451. The normalized spacial score (nSPS) is 14.7. The molecule has 0 bridgehead atoms. The zero-order valence-corrected chi connectivity index (χ0v) is 14.1. The molecule has 5 nitrogen and oxygen atoms in total. The van der Waals surface area contributed by atoms with Crippen LogP contribution in [0, 0.1) is 0 Å². The van der Waals surface area contributed by atoms with E-state index in [2.05, 4.69) is 10.2 Å². The fraction of sp³-hybridized carbons (Fsp3) is 0.105. The first kappa shape index (κ1) is 15.6. The molecule has 2 amide bonds. The molecule has 1 aromatic heterocycles. The maximum absolute atomic E-state index is 12.6. The van der Waals surface area contributed by atoms with Crippen LogP contribution in [0.3, 0.4) is 0 Å². The lowest BCUT2D eigenvalue weighted by Crippen LogP contribution is -2.32. The third kappa shape index (κ3) is 2.53. The molecular formula is C19H14ClN3O2. The number of aromatic amines is 1. The molecule has 1 aliphatic heterocycles. The Kier molecular flexibility index (Phi) is 3.66. The molecule has 6 heteroatoms. The lowest BCUT2D eigenvalue weighted by molar-refractivity contribution is 0.0592. The first-order valence-electron chi connectivity index (χ1n) is 7.84. The monoisotopic (exact) mass is 351 g/mol. The van der Waals surface area contributed by atoms with Gasteiger partial charge < -0.3 is 0 Å². The molecule has 124 valence electrons. The Bertz CT molecular complexity index is 961. The third-order valence-corrected chi connectivity index (χ3v) is 4.62. The standard InChI is InChI=1S/C19H14ClN3O2/c1-11(23-18(24)14-7-2-3-8-15(14)19(23)25)16-10-17(22-21-16)12-5-4-6-13(20)9-12/h2-11H,1H3,(H,21,22)/t11-/m0/s1. The average Bonchev–Trinajstić information content (AvgIpc) is 3.20. The van der Waals surface area contributed by atoms with Gasteiger partial charge in [-0.3, -0.25) is 19.6 Å². The van der Waals surface area contributed by atoms with Crippen molar-refractivity contribution in [1.29, 1.82) is 0 Å². The number of aromatic nitrogens is 2. The fourth-order valence-corrected chi connectivity index (χ4v) is 3.24. The number of carbonyl (C=O) groups is 2. The van der Waals surface area contributed by atoms with E-state index < -0.39 is 6.04 Å². The average molecular weight is 352 g/mol. The van der Waals surface area contributed by atoms with E-state index in [9.17, 15) is 9.59 Å². The number of hydrogen-bond acceptors (Lipinski definition) is 3. The minimum Gasteiger partial charge on any atom is -0.280 e. The van der Waals surface area contributed by atoms with Crippen LogP contribution < -0.4 is 0 Å². The maximum atomic E-state index is 12.6. The van der Waals surface area contributed by atoms with Gasteiger partial charge >= 0.3 is 0 Å². The van der Waals surface area contributed by atoms with Crippen molar-refractivity contribution in [2.45, 2.75) is 13.0 Å². The second-order valence-corrected chi connectivity index (χ2v) is 6.36. The van der Waals surface area contributed by atoms with Crippen molar-refractivity contribution >= 4 is 23.4 Å². The topological polar surface area (TPSA) is 66.1 Å². The quantitative estimate of drug-likeness (QED) is 0.723. The number of rotatable bonds is 3. The number of carbonyl (C=O) groups excluding carboxylic acids is 2. The lowest BCUT2D eigenvalue weighted by Gasteiger charge is -2.21. The summed E-state index contributed by atoms with van der Waals surface area (Å²) in [5.41, 5.74) is 3.14. The van der Waals surface area contributed by atoms with Crippen LogP contribution in [0.5, 0.6) is 0 Å². The predicted octanol–water partition coefficient (Wildman–Crippen LogP) is 4.09. The highest BCUT2D eigenvalue weighted by molar-refractivity contribution is 6.30. The highest BCUT2D eigenvalue weighted by Crippen LogP contribution is 2.32. The summed E-state index contributed by atoms with van der Waals surface area (Å²) in [6, 6.07) is 15.6. The largest absolute Gasteiger partial charge is 0.280 e. The number of benzene rings is 2. The zero-order chi connectivity index (χ0) is 17.6.